The zero-order valence-corrected chi connectivity index (χ0v) is 26.4. The molecule has 0 saturated heterocycles. The fraction of sp³-hybridized carbons (Fsp3) is 0.154. The van der Waals surface area contributed by atoms with Crippen LogP contribution in [0.4, 0.5) is 0 Å². The van der Waals surface area contributed by atoms with E-state index >= 15 is 0 Å². The average molecular weight is 575 g/mol. The minimum absolute atomic E-state index is 0.101. The molecule has 0 radical (unpaired) electrons. The van der Waals surface area contributed by atoms with Crippen LogP contribution in [-0.2, 0) is 11.6 Å². The van der Waals surface area contributed by atoms with E-state index in [9.17, 15) is 0 Å². The van der Waals surface area contributed by atoms with Gasteiger partial charge in [0.25, 0.3) is 0 Å². The molecule has 1 aromatic heterocycles. The van der Waals surface area contributed by atoms with E-state index in [0.29, 0.717) is 0 Å². The molecule has 0 atom stereocenters. The third kappa shape index (κ3) is 6.07. The zero-order chi connectivity index (χ0) is 29.7. The highest BCUT2D eigenvalue weighted by Crippen LogP contribution is 2.24. The van der Waals surface area contributed by atoms with Gasteiger partial charge in [-0.2, -0.15) is 0 Å². The summed E-state index contributed by atoms with van der Waals surface area (Å²) < 4.78 is 2.45. The molecule has 43 heavy (non-hydrogen) atoms. The molecule has 6 rings (SSSR count). The molecular formula is C39H39BN2Si. The molecule has 5 aromatic carbocycles. The van der Waals surface area contributed by atoms with Crippen molar-refractivity contribution in [2.24, 2.45) is 0 Å². The van der Waals surface area contributed by atoms with Gasteiger partial charge in [0.15, 0.2) is 8.07 Å². The molecule has 0 aliphatic rings. The first-order chi connectivity index (χ1) is 20.9. The van der Waals surface area contributed by atoms with Crippen molar-refractivity contribution in [1.82, 2.24) is 9.55 Å². The van der Waals surface area contributed by atoms with Gasteiger partial charge in [-0.1, -0.05) is 166 Å². The number of imidazole rings is 1. The van der Waals surface area contributed by atoms with Gasteiger partial charge in [0.2, 0.25) is 7.28 Å². The molecule has 0 aliphatic heterocycles. The van der Waals surface area contributed by atoms with E-state index < -0.39 is 8.07 Å². The summed E-state index contributed by atoms with van der Waals surface area (Å²) in [4.78, 5) is 5.00. The monoisotopic (exact) mass is 574 g/mol. The Kier molecular flexibility index (Phi) is 8.31. The van der Waals surface area contributed by atoms with Crippen molar-refractivity contribution in [3.05, 3.63) is 175 Å². The topological polar surface area (TPSA) is 17.8 Å². The predicted octanol–water partition coefficient (Wildman–Crippen LogP) is 5.74. The van der Waals surface area contributed by atoms with Crippen molar-refractivity contribution in [3.8, 4) is 0 Å². The van der Waals surface area contributed by atoms with Crippen molar-refractivity contribution in [2.75, 3.05) is 0 Å². The summed E-state index contributed by atoms with van der Waals surface area (Å²) in [6.07, 6.45) is 5.06. The van der Waals surface area contributed by atoms with Crippen LogP contribution in [0.25, 0.3) is 0 Å². The Hall–Kier alpha value is -4.41. The number of nitrogens with zero attached hydrogens (tertiary/aromatic N) is 2. The standard InChI is InChI=1S/C39H39BN2Si/c1-39(2,3)33-24-26-36(27-25-33)43(34-20-12-6-13-21-34,35-22-14-7-15-23-35)30-42-29-28-41-38(42)40-37(31-16-8-4-9-17-31)32-18-10-5-11-19-32/h4-29,37,40H,30H2,1-3H3. The van der Waals surface area contributed by atoms with Crippen LogP contribution in [-0.4, -0.2) is 24.9 Å². The lowest BCUT2D eigenvalue weighted by atomic mass is 9.58. The van der Waals surface area contributed by atoms with Crippen LogP contribution in [0.2, 0.25) is 0 Å². The SMILES string of the molecule is CC(C)(C)c1ccc([Si](Cn2ccnc2BC(c2ccccc2)c2ccccc2)(c2ccccc2)c2ccccc2)cc1. The summed E-state index contributed by atoms with van der Waals surface area (Å²) in [7, 11) is -1.70. The van der Waals surface area contributed by atoms with E-state index in [-0.39, 0.29) is 11.2 Å². The average Bonchev–Trinajstić information content (AvgIpc) is 3.50. The van der Waals surface area contributed by atoms with Crippen molar-refractivity contribution in [3.63, 3.8) is 0 Å². The molecule has 0 unspecified atom stereocenters. The minimum Gasteiger partial charge on any atom is -0.345 e. The normalized spacial score (nSPS) is 11.9. The smallest absolute Gasteiger partial charge is 0.217 e. The highest BCUT2D eigenvalue weighted by molar-refractivity contribution is 7.10. The van der Waals surface area contributed by atoms with Gasteiger partial charge in [0.1, 0.15) is 0 Å². The van der Waals surface area contributed by atoms with Crippen molar-refractivity contribution < 1.29 is 0 Å². The summed E-state index contributed by atoms with van der Waals surface area (Å²) in [6, 6.07) is 53.6. The second kappa shape index (κ2) is 12.4. The van der Waals surface area contributed by atoms with Crippen LogP contribution in [0.1, 0.15) is 43.3 Å². The maximum atomic E-state index is 5.00. The van der Waals surface area contributed by atoms with Crippen LogP contribution in [0.3, 0.4) is 0 Å². The van der Waals surface area contributed by atoms with Gasteiger partial charge in [0, 0.05) is 18.6 Å². The molecule has 0 amide bonds. The Balaban J connectivity index is 1.49. The molecule has 0 fully saturated rings. The molecule has 2 nitrogen and oxygen atoms in total. The lowest BCUT2D eigenvalue weighted by Gasteiger charge is -2.35. The Morgan fingerprint density at radius 1 is 0.605 bits per heavy atom. The molecule has 4 heteroatoms. The van der Waals surface area contributed by atoms with E-state index in [1.807, 2.05) is 6.20 Å². The highest BCUT2D eigenvalue weighted by atomic mass is 28.3. The maximum absolute atomic E-state index is 5.00. The Morgan fingerprint density at radius 2 is 1.05 bits per heavy atom. The number of rotatable bonds is 9. The lowest BCUT2D eigenvalue weighted by Crippen LogP contribution is -2.70. The summed E-state index contributed by atoms with van der Waals surface area (Å²) in [5.74, 6) is 0.221. The van der Waals surface area contributed by atoms with E-state index in [1.165, 1.54) is 32.3 Å². The molecule has 1 heterocycles. The van der Waals surface area contributed by atoms with Gasteiger partial charge in [-0.05, 0) is 43.5 Å². The third-order valence-electron chi connectivity index (χ3n) is 8.78. The predicted molar refractivity (Wildman–Crippen MR) is 186 cm³/mol. The quantitative estimate of drug-likeness (QED) is 0.159. The van der Waals surface area contributed by atoms with Gasteiger partial charge in [0.05, 0.1) is 5.72 Å². The molecule has 0 aliphatic carbocycles. The molecule has 6 aromatic rings. The summed E-state index contributed by atoms with van der Waals surface area (Å²) in [6.45, 7) is 6.86. The third-order valence-corrected chi connectivity index (χ3v) is 13.5. The second-order valence-electron chi connectivity index (χ2n) is 12.5. The van der Waals surface area contributed by atoms with E-state index in [2.05, 4.69) is 177 Å². The van der Waals surface area contributed by atoms with Crippen molar-refractivity contribution >= 4 is 36.6 Å². The molecule has 0 N–H and O–H groups in total. The Morgan fingerprint density at radius 3 is 1.51 bits per heavy atom. The molecule has 0 bridgehead atoms. The van der Waals surface area contributed by atoms with Gasteiger partial charge >= 0.3 is 0 Å². The first-order valence-electron chi connectivity index (χ1n) is 15.3. The van der Waals surface area contributed by atoms with Crippen LogP contribution in [0.15, 0.2) is 158 Å². The van der Waals surface area contributed by atoms with Gasteiger partial charge in [-0.15, -0.1) is 0 Å². The van der Waals surface area contributed by atoms with Crippen LogP contribution >= 0.6 is 0 Å². The second-order valence-corrected chi connectivity index (χ2v) is 16.4. The number of hydrogen-bond donors (Lipinski definition) is 0. The molecule has 0 saturated carbocycles. The first-order valence-corrected chi connectivity index (χ1v) is 17.5. The van der Waals surface area contributed by atoms with E-state index in [0.717, 1.165) is 19.2 Å². The number of hydrogen-bond acceptors (Lipinski definition) is 1. The fourth-order valence-electron chi connectivity index (χ4n) is 6.38. The number of benzene rings is 5. The van der Waals surface area contributed by atoms with Crippen LogP contribution in [0, 0.1) is 0 Å². The number of aromatic nitrogens is 2. The van der Waals surface area contributed by atoms with Gasteiger partial charge in [-0.3, -0.25) is 4.98 Å². The molecule has 0 spiro atoms. The van der Waals surface area contributed by atoms with E-state index in [4.69, 9.17) is 4.98 Å². The Bertz CT molecular complexity index is 1650. The minimum atomic E-state index is -2.53. The fourth-order valence-corrected chi connectivity index (χ4v) is 11.0. The molecule has 212 valence electrons. The van der Waals surface area contributed by atoms with Gasteiger partial charge in [-0.25, -0.2) is 0 Å². The largest absolute Gasteiger partial charge is 0.345 e. The van der Waals surface area contributed by atoms with Crippen LogP contribution < -0.4 is 21.3 Å². The zero-order valence-electron chi connectivity index (χ0n) is 25.4. The van der Waals surface area contributed by atoms with E-state index in [1.54, 1.807) is 0 Å². The highest BCUT2D eigenvalue weighted by Gasteiger charge is 2.40. The maximum Gasteiger partial charge on any atom is 0.217 e. The summed E-state index contributed by atoms with van der Waals surface area (Å²) in [5, 5.41) is 4.24. The Labute approximate surface area is 258 Å². The summed E-state index contributed by atoms with van der Waals surface area (Å²) >= 11 is 0. The van der Waals surface area contributed by atoms with Crippen molar-refractivity contribution in [2.45, 2.75) is 38.2 Å². The van der Waals surface area contributed by atoms with Gasteiger partial charge < -0.3 is 4.57 Å². The van der Waals surface area contributed by atoms with Crippen LogP contribution in [0.5, 0.6) is 0 Å². The lowest BCUT2D eigenvalue weighted by molar-refractivity contribution is 0.590. The summed E-state index contributed by atoms with van der Waals surface area (Å²) in [5.41, 5.74) is 5.21. The first kappa shape index (κ1) is 28.7. The molecular weight excluding hydrogens is 535 g/mol. The van der Waals surface area contributed by atoms with Crippen molar-refractivity contribution in [1.29, 1.82) is 0 Å².